The van der Waals surface area contributed by atoms with Crippen molar-refractivity contribution in [3.8, 4) is 0 Å². The number of rotatable bonds is 3. The summed E-state index contributed by atoms with van der Waals surface area (Å²) in [6.07, 6.45) is 7.62. The van der Waals surface area contributed by atoms with Crippen molar-refractivity contribution >= 4 is 45.1 Å². The molecule has 1 fully saturated rings. The third kappa shape index (κ3) is 2.59. The number of nitrogens with one attached hydrogen (secondary N) is 2. The Labute approximate surface area is 144 Å². The summed E-state index contributed by atoms with van der Waals surface area (Å²) in [6, 6.07) is 6.07. The number of carbonyl (C=O) groups is 1. The number of halogens is 1. The molecule has 0 aliphatic heterocycles. The maximum Gasteiger partial charge on any atom is 0.252 e. The van der Waals surface area contributed by atoms with Gasteiger partial charge in [-0.3, -0.25) is 4.79 Å². The Balaban J connectivity index is 1.91. The van der Waals surface area contributed by atoms with Crippen LogP contribution in [-0.4, -0.2) is 21.9 Å². The Bertz CT molecular complexity index is 928. The average molecular weight is 343 g/mol. The smallest absolute Gasteiger partial charge is 0.252 e. The van der Waals surface area contributed by atoms with Crippen molar-refractivity contribution in [1.29, 1.82) is 0 Å². The number of hydrogen-bond donors (Lipinski definition) is 3. The van der Waals surface area contributed by atoms with Crippen LogP contribution in [0.25, 0.3) is 21.8 Å². The minimum atomic E-state index is -0.491. The van der Waals surface area contributed by atoms with Gasteiger partial charge in [0.1, 0.15) is 5.82 Å². The molecule has 2 aromatic heterocycles. The van der Waals surface area contributed by atoms with Crippen LogP contribution in [0, 0.1) is 0 Å². The Morgan fingerprint density at radius 2 is 2.08 bits per heavy atom. The third-order valence-electron chi connectivity index (χ3n) is 4.80. The standard InChI is InChI=1S/C18H19ClN4O/c19-10-6-7-12-14(8-10)23-16-13(17(20)24)9-21-18(15(12)16)22-11-4-2-1-3-5-11/h6-9,11,23H,1-5H2,(H2,20,24)(H,21,22). The molecule has 0 saturated heterocycles. The molecule has 6 heteroatoms. The zero-order valence-corrected chi connectivity index (χ0v) is 14.0. The molecule has 4 N–H and O–H groups in total. The number of pyridine rings is 1. The first-order chi connectivity index (χ1) is 11.6. The molecule has 5 nitrogen and oxygen atoms in total. The summed E-state index contributed by atoms with van der Waals surface area (Å²) >= 11 is 6.10. The zero-order valence-electron chi connectivity index (χ0n) is 13.2. The van der Waals surface area contributed by atoms with Crippen molar-refractivity contribution in [3.05, 3.63) is 35.0 Å². The van der Waals surface area contributed by atoms with Crippen LogP contribution < -0.4 is 11.1 Å². The lowest BCUT2D eigenvalue weighted by atomic mass is 9.95. The van der Waals surface area contributed by atoms with E-state index in [1.165, 1.54) is 19.3 Å². The number of hydrogen-bond acceptors (Lipinski definition) is 3. The van der Waals surface area contributed by atoms with E-state index in [0.29, 0.717) is 22.1 Å². The number of nitrogens with two attached hydrogens (primary N) is 1. The SMILES string of the molecule is NC(=O)c1cnc(NC2CCCCC2)c2c1[nH]c1cc(Cl)ccc12. The van der Waals surface area contributed by atoms with Gasteiger partial charge in [-0.2, -0.15) is 0 Å². The highest BCUT2D eigenvalue weighted by Crippen LogP contribution is 2.34. The molecule has 0 radical (unpaired) electrons. The summed E-state index contributed by atoms with van der Waals surface area (Å²) in [5, 5.41) is 6.10. The van der Waals surface area contributed by atoms with Gasteiger partial charge in [-0.05, 0) is 25.0 Å². The minimum absolute atomic E-state index is 0.395. The van der Waals surface area contributed by atoms with Crippen LogP contribution >= 0.6 is 11.6 Å². The number of aromatic nitrogens is 2. The quantitative estimate of drug-likeness (QED) is 0.666. The van der Waals surface area contributed by atoms with E-state index in [-0.39, 0.29) is 0 Å². The summed E-state index contributed by atoms with van der Waals surface area (Å²) < 4.78 is 0. The number of anilines is 1. The zero-order chi connectivity index (χ0) is 16.7. The Kier molecular flexibility index (Phi) is 3.81. The van der Waals surface area contributed by atoms with Crippen molar-refractivity contribution in [2.75, 3.05) is 5.32 Å². The van der Waals surface area contributed by atoms with Crippen LogP contribution in [0.4, 0.5) is 5.82 Å². The van der Waals surface area contributed by atoms with Gasteiger partial charge in [0.15, 0.2) is 0 Å². The van der Waals surface area contributed by atoms with Crippen LogP contribution in [0.3, 0.4) is 0 Å². The maximum atomic E-state index is 11.8. The van der Waals surface area contributed by atoms with E-state index in [4.69, 9.17) is 17.3 Å². The highest BCUT2D eigenvalue weighted by atomic mass is 35.5. The van der Waals surface area contributed by atoms with Gasteiger partial charge < -0.3 is 16.0 Å². The molecule has 1 aromatic carbocycles. The van der Waals surface area contributed by atoms with Gasteiger partial charge in [0, 0.05) is 28.2 Å². The summed E-state index contributed by atoms with van der Waals surface area (Å²) in [5.74, 6) is 0.310. The molecule has 1 amide bonds. The number of primary amides is 1. The van der Waals surface area contributed by atoms with E-state index in [1.54, 1.807) is 6.20 Å². The van der Waals surface area contributed by atoms with Crippen molar-refractivity contribution < 1.29 is 4.79 Å². The van der Waals surface area contributed by atoms with Crippen LogP contribution in [0.2, 0.25) is 5.02 Å². The van der Waals surface area contributed by atoms with E-state index in [2.05, 4.69) is 15.3 Å². The van der Waals surface area contributed by atoms with Crippen molar-refractivity contribution in [3.63, 3.8) is 0 Å². The fourth-order valence-corrected chi connectivity index (χ4v) is 3.78. The van der Waals surface area contributed by atoms with Crippen molar-refractivity contribution in [2.45, 2.75) is 38.1 Å². The summed E-state index contributed by atoms with van der Waals surface area (Å²) in [6.45, 7) is 0. The predicted molar refractivity (Wildman–Crippen MR) is 97.6 cm³/mol. The predicted octanol–water partition coefficient (Wildman–Crippen LogP) is 4.21. The normalized spacial score (nSPS) is 15.9. The van der Waals surface area contributed by atoms with E-state index in [0.717, 1.165) is 34.9 Å². The number of aromatic amines is 1. The molecule has 1 aliphatic carbocycles. The van der Waals surface area contributed by atoms with Gasteiger partial charge in [-0.15, -0.1) is 0 Å². The summed E-state index contributed by atoms with van der Waals surface area (Å²) in [7, 11) is 0. The fourth-order valence-electron chi connectivity index (χ4n) is 3.61. The van der Waals surface area contributed by atoms with Gasteiger partial charge in [0.25, 0.3) is 5.91 Å². The van der Waals surface area contributed by atoms with Gasteiger partial charge in [-0.25, -0.2) is 4.98 Å². The summed E-state index contributed by atoms with van der Waals surface area (Å²) in [5.41, 5.74) is 7.51. The molecule has 1 saturated carbocycles. The topological polar surface area (TPSA) is 83.8 Å². The van der Waals surface area contributed by atoms with E-state index in [9.17, 15) is 4.79 Å². The highest BCUT2D eigenvalue weighted by molar-refractivity contribution is 6.32. The lowest BCUT2D eigenvalue weighted by Crippen LogP contribution is -2.23. The molecule has 3 aromatic rings. The molecule has 24 heavy (non-hydrogen) atoms. The molecule has 2 heterocycles. The summed E-state index contributed by atoms with van der Waals surface area (Å²) in [4.78, 5) is 19.6. The molecule has 4 rings (SSSR count). The van der Waals surface area contributed by atoms with E-state index in [1.807, 2.05) is 18.2 Å². The molecule has 1 aliphatic rings. The average Bonchev–Trinajstić information content (AvgIpc) is 2.94. The van der Waals surface area contributed by atoms with Crippen molar-refractivity contribution in [1.82, 2.24) is 9.97 Å². The van der Waals surface area contributed by atoms with Crippen LogP contribution in [0.15, 0.2) is 24.4 Å². The number of nitrogens with zero attached hydrogens (tertiary/aromatic N) is 1. The first-order valence-electron chi connectivity index (χ1n) is 8.30. The lowest BCUT2D eigenvalue weighted by molar-refractivity contribution is 0.100. The second-order valence-electron chi connectivity index (χ2n) is 6.43. The van der Waals surface area contributed by atoms with Gasteiger partial charge in [0.2, 0.25) is 0 Å². The minimum Gasteiger partial charge on any atom is -0.367 e. The first-order valence-corrected chi connectivity index (χ1v) is 8.67. The number of amides is 1. The Hall–Kier alpha value is -2.27. The number of benzene rings is 1. The van der Waals surface area contributed by atoms with Crippen LogP contribution in [0.5, 0.6) is 0 Å². The maximum absolute atomic E-state index is 11.8. The number of H-pyrrole nitrogens is 1. The van der Waals surface area contributed by atoms with E-state index >= 15 is 0 Å². The monoisotopic (exact) mass is 342 g/mol. The highest BCUT2D eigenvalue weighted by Gasteiger charge is 2.20. The van der Waals surface area contributed by atoms with Crippen LogP contribution in [-0.2, 0) is 0 Å². The largest absolute Gasteiger partial charge is 0.367 e. The van der Waals surface area contributed by atoms with Crippen LogP contribution in [0.1, 0.15) is 42.5 Å². The van der Waals surface area contributed by atoms with E-state index < -0.39 is 5.91 Å². The Morgan fingerprint density at radius 3 is 2.83 bits per heavy atom. The number of fused-ring (bicyclic) bond motifs is 3. The van der Waals surface area contributed by atoms with Gasteiger partial charge in [0.05, 0.1) is 16.5 Å². The molecular formula is C18H19ClN4O. The lowest BCUT2D eigenvalue weighted by Gasteiger charge is -2.23. The second-order valence-corrected chi connectivity index (χ2v) is 6.87. The molecular weight excluding hydrogens is 324 g/mol. The first kappa shape index (κ1) is 15.3. The molecule has 0 spiro atoms. The third-order valence-corrected chi connectivity index (χ3v) is 5.04. The number of carbonyl (C=O) groups excluding carboxylic acids is 1. The molecule has 0 bridgehead atoms. The Morgan fingerprint density at radius 1 is 1.29 bits per heavy atom. The fraction of sp³-hybridized carbons (Fsp3) is 0.333. The molecule has 0 unspecified atom stereocenters. The molecule has 124 valence electrons. The van der Waals surface area contributed by atoms with Gasteiger partial charge >= 0.3 is 0 Å². The van der Waals surface area contributed by atoms with Crippen molar-refractivity contribution in [2.24, 2.45) is 5.73 Å². The van der Waals surface area contributed by atoms with Gasteiger partial charge in [-0.1, -0.05) is 36.9 Å². The molecule has 0 atom stereocenters. The second kappa shape index (κ2) is 5.98.